The molecule has 2 aromatic heterocycles. The van der Waals surface area contributed by atoms with Gasteiger partial charge < -0.3 is 9.42 Å². The van der Waals surface area contributed by atoms with Crippen LogP contribution in [0.4, 0.5) is 0 Å². The molecule has 0 aliphatic carbocycles. The van der Waals surface area contributed by atoms with Gasteiger partial charge in [-0.3, -0.25) is 9.78 Å². The topological polar surface area (TPSA) is 59.2 Å². The molecule has 5 heteroatoms. The molecule has 0 N–H and O–H groups in total. The summed E-state index contributed by atoms with van der Waals surface area (Å²) in [7, 11) is 0. The molecule has 1 amide bonds. The molecule has 5 nitrogen and oxygen atoms in total. The first-order chi connectivity index (χ1) is 12.2. The number of aryl methyl sites for hydroxylation is 1. The van der Waals surface area contributed by atoms with E-state index in [1.165, 1.54) is 10.9 Å². The van der Waals surface area contributed by atoms with Gasteiger partial charge >= 0.3 is 0 Å². The second-order valence-electron chi connectivity index (χ2n) is 6.78. The van der Waals surface area contributed by atoms with Gasteiger partial charge in [-0.2, -0.15) is 0 Å². The van der Waals surface area contributed by atoms with Gasteiger partial charge in [-0.15, -0.1) is 0 Å². The molecule has 25 heavy (non-hydrogen) atoms. The lowest BCUT2D eigenvalue weighted by Crippen LogP contribution is -2.40. The third-order valence-electron chi connectivity index (χ3n) is 4.88. The summed E-state index contributed by atoms with van der Waals surface area (Å²) in [6.07, 6.45) is 4.93. The minimum absolute atomic E-state index is 0.0300. The van der Waals surface area contributed by atoms with Crippen LogP contribution >= 0.6 is 0 Å². The minimum Gasteiger partial charge on any atom is -0.361 e. The Morgan fingerprint density at radius 3 is 3.04 bits per heavy atom. The Labute approximate surface area is 146 Å². The minimum atomic E-state index is -0.0300. The summed E-state index contributed by atoms with van der Waals surface area (Å²) in [5.41, 5.74) is 2.74. The fraction of sp³-hybridized carbons (Fsp3) is 0.350. The number of hydrogen-bond acceptors (Lipinski definition) is 4. The monoisotopic (exact) mass is 335 g/mol. The highest BCUT2D eigenvalue weighted by Crippen LogP contribution is 2.25. The quantitative estimate of drug-likeness (QED) is 0.733. The molecule has 3 aromatic rings. The van der Waals surface area contributed by atoms with Gasteiger partial charge in [-0.05, 0) is 43.7 Å². The average Bonchev–Trinajstić information content (AvgIpc) is 3.08. The highest BCUT2D eigenvalue weighted by Gasteiger charge is 2.26. The van der Waals surface area contributed by atoms with E-state index in [0.717, 1.165) is 37.9 Å². The lowest BCUT2D eigenvalue weighted by molar-refractivity contribution is 0.0663. The highest BCUT2D eigenvalue weighted by atomic mass is 16.5. The molecule has 0 spiro atoms. The second-order valence-corrected chi connectivity index (χ2v) is 6.78. The smallest absolute Gasteiger partial charge is 0.276 e. The van der Waals surface area contributed by atoms with Crippen molar-refractivity contribution in [3.8, 4) is 0 Å². The number of carbonyl (C=O) groups excluding carboxylic acids is 1. The summed E-state index contributed by atoms with van der Waals surface area (Å²) in [5.74, 6) is 1.08. The summed E-state index contributed by atoms with van der Waals surface area (Å²) in [6, 6.07) is 12.1. The van der Waals surface area contributed by atoms with Crippen LogP contribution in [-0.4, -0.2) is 34.0 Å². The molecule has 1 atom stereocenters. The van der Waals surface area contributed by atoms with Crippen LogP contribution in [0.15, 0.2) is 47.1 Å². The number of aromatic nitrogens is 2. The number of amides is 1. The molecule has 0 saturated carbocycles. The number of piperidine rings is 1. The third-order valence-corrected chi connectivity index (χ3v) is 4.88. The van der Waals surface area contributed by atoms with Crippen LogP contribution in [0, 0.1) is 12.8 Å². The standard InChI is InChI=1S/C20H21N3O2/c1-14-11-18(22-25-14)20(24)23-10-4-5-15(13-23)12-17-7-2-6-16-8-3-9-21-19(16)17/h2-3,6-9,11,15H,4-5,10,12-13H2,1H3. The Balaban J connectivity index is 1.50. The maximum atomic E-state index is 12.6. The molecule has 1 aliphatic heterocycles. The van der Waals surface area contributed by atoms with Gasteiger partial charge in [0.05, 0.1) is 5.52 Å². The summed E-state index contributed by atoms with van der Waals surface area (Å²) >= 11 is 0. The molecule has 1 saturated heterocycles. The van der Waals surface area contributed by atoms with Gasteiger partial charge in [0.1, 0.15) is 5.76 Å². The van der Waals surface area contributed by atoms with E-state index in [4.69, 9.17) is 4.52 Å². The van der Waals surface area contributed by atoms with Crippen molar-refractivity contribution in [3.05, 3.63) is 59.6 Å². The Kier molecular flexibility index (Phi) is 4.22. The van der Waals surface area contributed by atoms with Crippen molar-refractivity contribution in [2.45, 2.75) is 26.2 Å². The lowest BCUT2D eigenvalue weighted by atomic mass is 9.90. The van der Waals surface area contributed by atoms with E-state index in [0.29, 0.717) is 17.4 Å². The second kappa shape index (κ2) is 6.67. The maximum absolute atomic E-state index is 12.6. The third kappa shape index (κ3) is 3.27. The number of benzene rings is 1. The van der Waals surface area contributed by atoms with E-state index in [1.807, 2.05) is 17.2 Å². The molecule has 128 valence electrons. The van der Waals surface area contributed by atoms with Crippen LogP contribution in [0.1, 0.15) is 34.7 Å². The van der Waals surface area contributed by atoms with Crippen molar-refractivity contribution >= 4 is 16.8 Å². The molecule has 4 rings (SSSR count). The lowest BCUT2D eigenvalue weighted by Gasteiger charge is -2.32. The number of likely N-dealkylation sites (tertiary alicyclic amines) is 1. The summed E-state index contributed by atoms with van der Waals surface area (Å²) < 4.78 is 5.04. The van der Waals surface area contributed by atoms with Crippen LogP contribution in [0.25, 0.3) is 10.9 Å². The number of pyridine rings is 1. The largest absolute Gasteiger partial charge is 0.361 e. The predicted octanol–water partition coefficient (Wildman–Crippen LogP) is 3.63. The zero-order chi connectivity index (χ0) is 17.2. The molecule has 1 aliphatic rings. The van der Waals surface area contributed by atoms with Crippen molar-refractivity contribution < 1.29 is 9.32 Å². The number of para-hydroxylation sites is 1. The zero-order valence-electron chi connectivity index (χ0n) is 14.3. The van der Waals surface area contributed by atoms with E-state index in [9.17, 15) is 4.79 Å². The van der Waals surface area contributed by atoms with E-state index in [-0.39, 0.29) is 5.91 Å². The Morgan fingerprint density at radius 2 is 2.20 bits per heavy atom. The van der Waals surface area contributed by atoms with Crippen molar-refractivity contribution in [2.24, 2.45) is 5.92 Å². The maximum Gasteiger partial charge on any atom is 0.276 e. The number of carbonyl (C=O) groups is 1. The Morgan fingerprint density at radius 1 is 1.32 bits per heavy atom. The van der Waals surface area contributed by atoms with E-state index in [2.05, 4.69) is 34.4 Å². The average molecular weight is 335 g/mol. The van der Waals surface area contributed by atoms with Crippen LogP contribution in [0.3, 0.4) is 0 Å². The molecule has 1 fully saturated rings. The van der Waals surface area contributed by atoms with E-state index < -0.39 is 0 Å². The summed E-state index contributed by atoms with van der Waals surface area (Å²) in [5, 5.41) is 5.03. The van der Waals surface area contributed by atoms with Crippen LogP contribution in [0.5, 0.6) is 0 Å². The Bertz CT molecular complexity index is 897. The van der Waals surface area contributed by atoms with Gasteiger partial charge in [-0.25, -0.2) is 0 Å². The first-order valence-corrected chi connectivity index (χ1v) is 8.76. The van der Waals surface area contributed by atoms with Gasteiger partial charge in [0.2, 0.25) is 0 Å². The van der Waals surface area contributed by atoms with Gasteiger partial charge in [-0.1, -0.05) is 29.4 Å². The van der Waals surface area contributed by atoms with Crippen LogP contribution in [0.2, 0.25) is 0 Å². The van der Waals surface area contributed by atoms with Crippen molar-refractivity contribution in [1.82, 2.24) is 15.0 Å². The molecule has 3 heterocycles. The van der Waals surface area contributed by atoms with E-state index >= 15 is 0 Å². The molecule has 1 unspecified atom stereocenters. The fourth-order valence-electron chi connectivity index (χ4n) is 3.69. The zero-order valence-corrected chi connectivity index (χ0v) is 14.3. The summed E-state index contributed by atoms with van der Waals surface area (Å²) in [4.78, 5) is 19.1. The molecular formula is C20H21N3O2. The van der Waals surface area contributed by atoms with Gasteiger partial charge in [0, 0.05) is 30.7 Å². The number of fused-ring (bicyclic) bond motifs is 1. The SMILES string of the molecule is Cc1cc(C(=O)N2CCCC(Cc3cccc4cccnc34)C2)no1. The number of hydrogen-bond donors (Lipinski definition) is 0. The molecule has 1 aromatic carbocycles. The molecular weight excluding hydrogens is 314 g/mol. The van der Waals surface area contributed by atoms with Crippen molar-refractivity contribution in [3.63, 3.8) is 0 Å². The van der Waals surface area contributed by atoms with Gasteiger partial charge in [0.25, 0.3) is 5.91 Å². The highest BCUT2D eigenvalue weighted by molar-refractivity contribution is 5.92. The molecule has 0 bridgehead atoms. The van der Waals surface area contributed by atoms with Crippen molar-refractivity contribution in [2.75, 3.05) is 13.1 Å². The normalized spacial score (nSPS) is 17.8. The first-order valence-electron chi connectivity index (χ1n) is 8.76. The van der Waals surface area contributed by atoms with Gasteiger partial charge in [0.15, 0.2) is 5.69 Å². The molecule has 0 radical (unpaired) electrons. The first kappa shape index (κ1) is 15.8. The Hall–Kier alpha value is -2.69. The number of nitrogens with zero attached hydrogens (tertiary/aromatic N) is 3. The van der Waals surface area contributed by atoms with Crippen LogP contribution < -0.4 is 0 Å². The van der Waals surface area contributed by atoms with Crippen molar-refractivity contribution in [1.29, 1.82) is 0 Å². The number of rotatable bonds is 3. The predicted molar refractivity (Wildman–Crippen MR) is 95.3 cm³/mol. The van der Waals surface area contributed by atoms with Crippen LogP contribution in [-0.2, 0) is 6.42 Å². The fourth-order valence-corrected chi connectivity index (χ4v) is 3.69. The van der Waals surface area contributed by atoms with E-state index in [1.54, 1.807) is 13.0 Å². The summed E-state index contributed by atoms with van der Waals surface area (Å²) in [6.45, 7) is 3.35.